The number of fused-ring (bicyclic) bond motifs is 1. The predicted octanol–water partition coefficient (Wildman–Crippen LogP) is 1.65. The van der Waals surface area contributed by atoms with Crippen molar-refractivity contribution in [1.82, 2.24) is 4.91 Å². The summed E-state index contributed by atoms with van der Waals surface area (Å²) in [7, 11) is 0. The van der Waals surface area contributed by atoms with Crippen LogP contribution in [0, 0.1) is 5.53 Å². The van der Waals surface area contributed by atoms with E-state index < -0.39 is 6.09 Å². The first-order chi connectivity index (χ1) is 7.72. The number of carboxylic acid groups (broad SMARTS) is 1. The predicted molar refractivity (Wildman–Crippen MR) is 56.6 cm³/mol. The summed E-state index contributed by atoms with van der Waals surface area (Å²) in [6.07, 6.45) is -0.375. The molecule has 0 aliphatic carbocycles. The second-order valence-corrected chi connectivity index (χ2v) is 3.60. The molecule has 0 fully saturated rings. The molecule has 0 saturated carbocycles. The Labute approximate surface area is 91.7 Å². The fraction of sp³-hybridized carbons (Fsp3) is 0.300. The Morgan fingerprint density at radius 1 is 1.56 bits per heavy atom. The van der Waals surface area contributed by atoms with Crippen molar-refractivity contribution in [2.75, 3.05) is 11.4 Å². The molecule has 1 aromatic rings. The lowest BCUT2D eigenvalue weighted by molar-refractivity contribution is 0.200. The number of benzene rings is 1. The third kappa shape index (κ3) is 1.78. The van der Waals surface area contributed by atoms with Crippen LogP contribution in [0.15, 0.2) is 29.4 Å². The molecule has 1 heterocycles. The van der Waals surface area contributed by atoms with Crippen LogP contribution < -0.4 is 9.81 Å². The normalized spacial score (nSPS) is 18.5. The zero-order chi connectivity index (χ0) is 11.5. The molecule has 1 atom stereocenters. The molecule has 0 aromatic heterocycles. The molecule has 0 saturated heterocycles. The summed E-state index contributed by atoms with van der Waals surface area (Å²) < 4.78 is 0. The quantitative estimate of drug-likeness (QED) is 0.555. The molecule has 2 N–H and O–H groups in total. The summed E-state index contributed by atoms with van der Waals surface area (Å²) in [4.78, 5) is 15.3. The van der Waals surface area contributed by atoms with E-state index in [2.05, 4.69) is 10.0 Å². The van der Waals surface area contributed by atoms with E-state index in [1.54, 1.807) is 12.1 Å². The van der Waals surface area contributed by atoms with Crippen LogP contribution in [0.5, 0.6) is 0 Å². The van der Waals surface area contributed by atoms with E-state index in [1.165, 1.54) is 4.90 Å². The lowest BCUT2D eigenvalue weighted by Gasteiger charge is -2.28. The van der Waals surface area contributed by atoms with E-state index in [4.69, 9.17) is 10.6 Å². The van der Waals surface area contributed by atoms with Crippen molar-refractivity contribution < 1.29 is 9.90 Å². The number of carbonyl (C=O) groups is 1. The topological polar surface area (TPSA) is 90.9 Å². The van der Waals surface area contributed by atoms with Gasteiger partial charge in [0.2, 0.25) is 4.91 Å². The lowest BCUT2D eigenvalue weighted by atomic mass is 9.99. The van der Waals surface area contributed by atoms with E-state index in [0.717, 1.165) is 5.56 Å². The van der Waals surface area contributed by atoms with Crippen molar-refractivity contribution >= 4 is 11.8 Å². The highest BCUT2D eigenvalue weighted by Gasteiger charge is 2.30. The Balaban J connectivity index is 2.40. The van der Waals surface area contributed by atoms with Gasteiger partial charge >= 0.3 is 6.09 Å². The van der Waals surface area contributed by atoms with E-state index >= 15 is 0 Å². The molecule has 6 nitrogen and oxygen atoms in total. The molecular formula is C10H11N4O2+. The summed E-state index contributed by atoms with van der Waals surface area (Å²) in [6, 6.07) is 7.05. The number of amides is 1. The molecular weight excluding hydrogens is 208 g/mol. The minimum absolute atomic E-state index is 0.259. The third-order valence-corrected chi connectivity index (χ3v) is 2.58. The molecule has 16 heavy (non-hydrogen) atoms. The van der Waals surface area contributed by atoms with Gasteiger partial charge < -0.3 is 5.11 Å². The van der Waals surface area contributed by atoms with E-state index in [9.17, 15) is 4.79 Å². The summed E-state index contributed by atoms with van der Waals surface area (Å²) in [5.41, 5.74) is 8.31. The molecule has 2 rings (SSSR count). The number of para-hydroxylation sites is 1. The number of nitrogens with zero attached hydrogens (tertiary/aromatic N) is 3. The van der Waals surface area contributed by atoms with Crippen molar-refractivity contribution in [2.45, 2.75) is 12.5 Å². The van der Waals surface area contributed by atoms with E-state index in [-0.39, 0.29) is 12.6 Å². The standard InChI is InChI=1S/C10H10N4O2/c11-13-12-8-5-7-3-1-2-4-9(7)14(6-8)10(15)16/h1-4,8,11H,5-6H2/p+1. The summed E-state index contributed by atoms with van der Waals surface area (Å²) >= 11 is 0. The average molecular weight is 219 g/mol. The Kier molecular flexibility index (Phi) is 2.66. The SMILES string of the molecule is N=[N+]=NC1Cc2ccccc2N(C(=O)O)C1. The number of rotatable bonds is 1. The zero-order valence-electron chi connectivity index (χ0n) is 8.50. The van der Waals surface area contributed by atoms with Crippen LogP contribution >= 0.6 is 0 Å². The van der Waals surface area contributed by atoms with Crippen molar-refractivity contribution in [3.63, 3.8) is 0 Å². The van der Waals surface area contributed by atoms with Crippen molar-refractivity contribution in [3.05, 3.63) is 29.8 Å². The number of hydrogen-bond acceptors (Lipinski definition) is 3. The Morgan fingerprint density at radius 3 is 3.00 bits per heavy atom. The second-order valence-electron chi connectivity index (χ2n) is 3.60. The monoisotopic (exact) mass is 219 g/mol. The van der Waals surface area contributed by atoms with Gasteiger partial charge in [-0.05, 0) is 11.6 Å². The van der Waals surface area contributed by atoms with Gasteiger partial charge in [-0.1, -0.05) is 18.2 Å². The maximum absolute atomic E-state index is 11.1. The van der Waals surface area contributed by atoms with Gasteiger partial charge in [0.1, 0.15) is 10.6 Å². The van der Waals surface area contributed by atoms with Crippen molar-refractivity contribution in [1.29, 1.82) is 5.53 Å². The van der Waals surface area contributed by atoms with Gasteiger partial charge in [0.15, 0.2) is 6.04 Å². The minimum Gasteiger partial charge on any atom is -0.465 e. The maximum atomic E-state index is 11.1. The van der Waals surface area contributed by atoms with Gasteiger partial charge in [-0.2, -0.15) is 0 Å². The van der Waals surface area contributed by atoms with Crippen molar-refractivity contribution in [2.24, 2.45) is 5.11 Å². The zero-order valence-corrected chi connectivity index (χ0v) is 8.50. The van der Waals surface area contributed by atoms with Crippen LogP contribution in [0.4, 0.5) is 10.5 Å². The fourth-order valence-corrected chi connectivity index (χ4v) is 1.91. The molecule has 6 heteroatoms. The minimum atomic E-state index is -1.00. The average Bonchev–Trinajstić information content (AvgIpc) is 2.28. The number of nitrogens with one attached hydrogen (secondary N) is 1. The summed E-state index contributed by atoms with van der Waals surface area (Å²) in [5.74, 6) is 0. The largest absolute Gasteiger partial charge is 0.465 e. The Hall–Kier alpha value is -2.20. The van der Waals surface area contributed by atoms with Crippen molar-refractivity contribution in [3.8, 4) is 0 Å². The highest BCUT2D eigenvalue weighted by molar-refractivity contribution is 5.88. The molecule has 1 unspecified atom stereocenters. The van der Waals surface area contributed by atoms with Crippen LogP contribution in [0.3, 0.4) is 0 Å². The number of hydrogen-bond donors (Lipinski definition) is 2. The second kappa shape index (κ2) is 4.12. The van der Waals surface area contributed by atoms with Crippen LogP contribution in [0.2, 0.25) is 0 Å². The van der Waals surface area contributed by atoms with Gasteiger partial charge in [0.25, 0.3) is 0 Å². The highest BCUT2D eigenvalue weighted by Crippen LogP contribution is 2.27. The van der Waals surface area contributed by atoms with Gasteiger partial charge in [-0.3, -0.25) is 4.90 Å². The molecule has 0 spiro atoms. The molecule has 1 amide bonds. The fourth-order valence-electron chi connectivity index (χ4n) is 1.91. The van der Waals surface area contributed by atoms with E-state index in [0.29, 0.717) is 12.1 Å². The molecule has 1 aliphatic heterocycles. The Morgan fingerprint density at radius 2 is 2.31 bits per heavy atom. The van der Waals surface area contributed by atoms with Crippen LogP contribution in [-0.2, 0) is 6.42 Å². The third-order valence-electron chi connectivity index (χ3n) is 2.58. The van der Waals surface area contributed by atoms with E-state index in [1.807, 2.05) is 12.1 Å². The highest BCUT2D eigenvalue weighted by atomic mass is 16.4. The molecule has 82 valence electrons. The first-order valence-corrected chi connectivity index (χ1v) is 4.87. The van der Waals surface area contributed by atoms with Crippen LogP contribution in [0.25, 0.3) is 0 Å². The maximum Gasteiger partial charge on any atom is 0.411 e. The molecule has 0 bridgehead atoms. The first-order valence-electron chi connectivity index (χ1n) is 4.87. The summed E-state index contributed by atoms with van der Waals surface area (Å²) in [5, 5.41) is 12.8. The van der Waals surface area contributed by atoms with Gasteiger partial charge in [-0.25, -0.2) is 4.79 Å². The number of anilines is 1. The van der Waals surface area contributed by atoms with Gasteiger partial charge in [-0.15, -0.1) is 0 Å². The van der Waals surface area contributed by atoms with Crippen LogP contribution in [0.1, 0.15) is 5.56 Å². The van der Waals surface area contributed by atoms with Gasteiger partial charge in [0, 0.05) is 6.42 Å². The van der Waals surface area contributed by atoms with Gasteiger partial charge in [0.05, 0.1) is 12.2 Å². The molecule has 0 radical (unpaired) electrons. The molecule has 1 aromatic carbocycles. The Bertz CT molecular complexity index is 468. The smallest absolute Gasteiger partial charge is 0.411 e. The van der Waals surface area contributed by atoms with Crippen LogP contribution in [-0.4, -0.2) is 23.8 Å². The first kappa shape index (κ1) is 10.3. The summed E-state index contributed by atoms with van der Waals surface area (Å²) in [6.45, 7) is 0.259. The lowest BCUT2D eigenvalue weighted by Crippen LogP contribution is -2.41. The molecule has 1 aliphatic rings.